The van der Waals surface area contributed by atoms with Gasteiger partial charge in [0.15, 0.2) is 0 Å². The molecule has 0 aromatic heterocycles. The summed E-state index contributed by atoms with van der Waals surface area (Å²) in [4.78, 5) is 23.0. The predicted octanol–water partition coefficient (Wildman–Crippen LogP) is 1.78. The maximum absolute atomic E-state index is 11.8. The van der Waals surface area contributed by atoms with Gasteiger partial charge in [0.05, 0.1) is 0 Å². The summed E-state index contributed by atoms with van der Waals surface area (Å²) in [6.45, 7) is 2.08. The van der Waals surface area contributed by atoms with E-state index in [1.165, 1.54) is 0 Å². The van der Waals surface area contributed by atoms with Crippen LogP contribution in [0.4, 0.5) is 4.79 Å². The van der Waals surface area contributed by atoms with Crippen LogP contribution >= 0.6 is 0 Å². The van der Waals surface area contributed by atoms with Gasteiger partial charge in [0, 0.05) is 12.5 Å². The summed E-state index contributed by atoms with van der Waals surface area (Å²) in [6, 6.07) is 8.18. The second kappa shape index (κ2) is 6.41. The van der Waals surface area contributed by atoms with Crippen molar-refractivity contribution in [3.8, 4) is 0 Å². The van der Waals surface area contributed by atoms with Gasteiger partial charge in [-0.3, -0.25) is 0 Å². The Hall–Kier alpha value is -2.04. The standard InChI is InChI=1S/C15H20N2O3/c1-2-11-9-12(11)16-15(20)17-13(14(18)19)8-10-6-4-3-5-7-10/h3-7,11-13H,2,8-9H2,1H3,(H,18,19)(H2,16,17,20)/t11?,12?,13-/m1/s1. The Morgan fingerprint density at radius 2 is 2.05 bits per heavy atom. The summed E-state index contributed by atoms with van der Waals surface area (Å²) >= 11 is 0. The second-order valence-corrected chi connectivity index (χ2v) is 5.21. The molecule has 5 nitrogen and oxygen atoms in total. The van der Waals surface area contributed by atoms with Crippen LogP contribution < -0.4 is 10.6 Å². The molecule has 0 bridgehead atoms. The van der Waals surface area contributed by atoms with E-state index in [0.29, 0.717) is 5.92 Å². The quantitative estimate of drug-likeness (QED) is 0.741. The van der Waals surface area contributed by atoms with Gasteiger partial charge in [-0.25, -0.2) is 9.59 Å². The molecule has 1 saturated carbocycles. The number of benzene rings is 1. The zero-order chi connectivity index (χ0) is 14.5. The molecule has 2 unspecified atom stereocenters. The average Bonchev–Trinajstić information content (AvgIpc) is 3.17. The molecule has 1 aromatic rings. The first-order chi connectivity index (χ1) is 9.60. The third-order valence-corrected chi connectivity index (χ3v) is 3.65. The van der Waals surface area contributed by atoms with Crippen molar-refractivity contribution in [3.05, 3.63) is 35.9 Å². The normalized spacial score (nSPS) is 21.9. The predicted molar refractivity (Wildman–Crippen MR) is 75.4 cm³/mol. The summed E-state index contributed by atoms with van der Waals surface area (Å²) in [5.41, 5.74) is 0.887. The van der Waals surface area contributed by atoms with E-state index in [2.05, 4.69) is 17.6 Å². The highest BCUT2D eigenvalue weighted by molar-refractivity contribution is 5.83. The van der Waals surface area contributed by atoms with Crippen LogP contribution in [0.2, 0.25) is 0 Å². The molecule has 2 amide bonds. The first-order valence-electron chi connectivity index (χ1n) is 6.94. The minimum atomic E-state index is -1.02. The Bertz CT molecular complexity index is 475. The summed E-state index contributed by atoms with van der Waals surface area (Å²) in [6.07, 6.45) is 2.31. The van der Waals surface area contributed by atoms with Crippen LogP contribution in [0.3, 0.4) is 0 Å². The molecule has 0 spiro atoms. The fourth-order valence-corrected chi connectivity index (χ4v) is 2.29. The molecule has 5 heteroatoms. The molecule has 1 aliphatic carbocycles. The molecule has 1 fully saturated rings. The Labute approximate surface area is 118 Å². The Kier molecular flexibility index (Phi) is 4.61. The minimum absolute atomic E-state index is 0.200. The van der Waals surface area contributed by atoms with Gasteiger partial charge in [0.1, 0.15) is 6.04 Å². The molecule has 108 valence electrons. The smallest absolute Gasteiger partial charge is 0.326 e. The maximum Gasteiger partial charge on any atom is 0.326 e. The monoisotopic (exact) mass is 276 g/mol. The Morgan fingerprint density at radius 1 is 1.35 bits per heavy atom. The number of carbonyl (C=O) groups is 2. The van der Waals surface area contributed by atoms with Gasteiger partial charge in [-0.1, -0.05) is 43.7 Å². The van der Waals surface area contributed by atoms with Gasteiger partial charge < -0.3 is 15.7 Å². The SMILES string of the molecule is CCC1CC1NC(=O)N[C@H](Cc1ccccc1)C(=O)O. The molecule has 0 aliphatic heterocycles. The summed E-state index contributed by atoms with van der Waals surface area (Å²) in [7, 11) is 0. The lowest BCUT2D eigenvalue weighted by atomic mass is 10.1. The number of urea groups is 1. The van der Waals surface area contributed by atoms with E-state index in [9.17, 15) is 14.7 Å². The van der Waals surface area contributed by atoms with Crippen molar-refractivity contribution in [2.45, 2.75) is 38.3 Å². The number of aliphatic carboxylic acids is 1. The lowest BCUT2D eigenvalue weighted by Gasteiger charge is -2.15. The van der Waals surface area contributed by atoms with Gasteiger partial charge in [-0.05, 0) is 17.9 Å². The highest BCUT2D eigenvalue weighted by atomic mass is 16.4. The van der Waals surface area contributed by atoms with E-state index >= 15 is 0 Å². The topological polar surface area (TPSA) is 78.4 Å². The van der Waals surface area contributed by atoms with E-state index < -0.39 is 18.0 Å². The van der Waals surface area contributed by atoms with Gasteiger partial charge in [0.25, 0.3) is 0 Å². The fourth-order valence-electron chi connectivity index (χ4n) is 2.29. The van der Waals surface area contributed by atoms with Crippen LogP contribution in [0, 0.1) is 5.92 Å². The first-order valence-corrected chi connectivity index (χ1v) is 6.94. The number of rotatable bonds is 6. The van der Waals surface area contributed by atoms with Gasteiger partial charge in [-0.15, -0.1) is 0 Å². The van der Waals surface area contributed by atoms with E-state index in [1.54, 1.807) is 0 Å². The van der Waals surface area contributed by atoms with Crippen LogP contribution in [0.1, 0.15) is 25.3 Å². The second-order valence-electron chi connectivity index (χ2n) is 5.21. The van der Waals surface area contributed by atoms with Crippen LogP contribution in [0.25, 0.3) is 0 Å². The van der Waals surface area contributed by atoms with E-state index in [0.717, 1.165) is 18.4 Å². The molecular weight excluding hydrogens is 256 g/mol. The van der Waals surface area contributed by atoms with E-state index in [4.69, 9.17) is 0 Å². The number of carboxylic acid groups (broad SMARTS) is 1. The van der Waals surface area contributed by atoms with Crippen LogP contribution in [-0.4, -0.2) is 29.2 Å². The number of hydrogen-bond donors (Lipinski definition) is 3. The number of hydrogen-bond acceptors (Lipinski definition) is 2. The third-order valence-electron chi connectivity index (χ3n) is 3.65. The molecule has 20 heavy (non-hydrogen) atoms. The molecule has 3 atom stereocenters. The first kappa shape index (κ1) is 14.4. The molecule has 3 N–H and O–H groups in total. The molecule has 0 heterocycles. The summed E-state index contributed by atoms with van der Waals surface area (Å²) in [5.74, 6) is -0.481. The lowest BCUT2D eigenvalue weighted by Crippen LogP contribution is -2.47. The number of nitrogens with one attached hydrogen (secondary N) is 2. The van der Waals surface area contributed by atoms with Crippen LogP contribution in [0.15, 0.2) is 30.3 Å². The number of carbonyl (C=O) groups excluding carboxylic acids is 1. The van der Waals surface area contributed by atoms with Gasteiger partial charge in [-0.2, -0.15) is 0 Å². The fraction of sp³-hybridized carbons (Fsp3) is 0.467. The van der Waals surface area contributed by atoms with Crippen LogP contribution in [-0.2, 0) is 11.2 Å². The average molecular weight is 276 g/mol. The molecule has 2 rings (SSSR count). The molecule has 1 aromatic carbocycles. The van der Waals surface area contributed by atoms with E-state index in [-0.39, 0.29) is 12.5 Å². The van der Waals surface area contributed by atoms with E-state index in [1.807, 2.05) is 30.3 Å². The number of carboxylic acids is 1. The van der Waals surface area contributed by atoms with Crippen molar-refractivity contribution in [1.29, 1.82) is 0 Å². The highest BCUT2D eigenvalue weighted by Gasteiger charge is 2.37. The van der Waals surface area contributed by atoms with Crippen molar-refractivity contribution in [1.82, 2.24) is 10.6 Å². The van der Waals surface area contributed by atoms with Crippen molar-refractivity contribution >= 4 is 12.0 Å². The lowest BCUT2D eigenvalue weighted by molar-refractivity contribution is -0.139. The maximum atomic E-state index is 11.8. The zero-order valence-electron chi connectivity index (χ0n) is 11.5. The largest absolute Gasteiger partial charge is 0.480 e. The highest BCUT2D eigenvalue weighted by Crippen LogP contribution is 2.32. The Morgan fingerprint density at radius 3 is 2.60 bits per heavy atom. The molecule has 0 radical (unpaired) electrons. The van der Waals surface area contributed by atoms with Crippen molar-refractivity contribution < 1.29 is 14.7 Å². The van der Waals surface area contributed by atoms with Gasteiger partial charge >= 0.3 is 12.0 Å². The van der Waals surface area contributed by atoms with Crippen molar-refractivity contribution in [3.63, 3.8) is 0 Å². The zero-order valence-corrected chi connectivity index (χ0v) is 11.5. The van der Waals surface area contributed by atoms with Crippen molar-refractivity contribution in [2.75, 3.05) is 0 Å². The molecule has 1 aliphatic rings. The third kappa shape index (κ3) is 3.98. The number of amides is 2. The molecular formula is C15H20N2O3. The summed E-state index contributed by atoms with van der Waals surface area (Å²) < 4.78 is 0. The van der Waals surface area contributed by atoms with Gasteiger partial charge in [0.2, 0.25) is 0 Å². The molecule has 0 saturated heterocycles. The Balaban J connectivity index is 1.86. The minimum Gasteiger partial charge on any atom is -0.480 e. The van der Waals surface area contributed by atoms with Crippen molar-refractivity contribution in [2.24, 2.45) is 5.92 Å². The van der Waals surface area contributed by atoms with Crippen LogP contribution in [0.5, 0.6) is 0 Å². The summed E-state index contributed by atoms with van der Waals surface area (Å²) in [5, 5.41) is 14.5.